The van der Waals surface area contributed by atoms with Gasteiger partial charge in [0.1, 0.15) is 6.61 Å². The summed E-state index contributed by atoms with van der Waals surface area (Å²) in [6.07, 6.45) is 0.772. The number of carbonyl (C=O) groups excluding carboxylic acids is 2. The van der Waals surface area contributed by atoms with Gasteiger partial charge in [-0.2, -0.15) is 0 Å². The Kier molecular flexibility index (Phi) is 7.20. The fourth-order valence-electron chi connectivity index (χ4n) is 5.16. The molecule has 0 saturated carbocycles. The Hall–Kier alpha value is -3.35. The van der Waals surface area contributed by atoms with Crippen molar-refractivity contribution in [3.8, 4) is 11.1 Å². The van der Waals surface area contributed by atoms with Gasteiger partial charge in [-0.3, -0.25) is 9.59 Å². The number of hydrogen-bond acceptors (Lipinski definition) is 4. The molecule has 1 fully saturated rings. The first-order valence-electron chi connectivity index (χ1n) is 12.0. The normalized spacial score (nSPS) is 20.2. The molecule has 2 aromatic rings. The Morgan fingerprint density at radius 3 is 2.29 bits per heavy atom. The van der Waals surface area contributed by atoms with Crippen molar-refractivity contribution in [1.29, 1.82) is 0 Å². The van der Waals surface area contributed by atoms with Gasteiger partial charge < -0.3 is 20.1 Å². The number of nitrogens with one attached hydrogen (secondary N) is 1. The fraction of sp³-hybridized carbons (Fsp3) is 0.444. The summed E-state index contributed by atoms with van der Waals surface area (Å²) in [6.45, 7) is 4.86. The summed E-state index contributed by atoms with van der Waals surface area (Å²) in [6, 6.07) is 16.3. The number of rotatable bonds is 7. The van der Waals surface area contributed by atoms with E-state index in [2.05, 4.69) is 29.6 Å². The van der Waals surface area contributed by atoms with Crippen LogP contribution >= 0.6 is 0 Å². The maximum absolute atomic E-state index is 12.7. The van der Waals surface area contributed by atoms with E-state index in [1.54, 1.807) is 4.90 Å². The molecule has 3 atom stereocenters. The third kappa shape index (κ3) is 5.08. The minimum Gasteiger partial charge on any atom is -0.481 e. The van der Waals surface area contributed by atoms with Gasteiger partial charge in [0.25, 0.3) is 0 Å². The van der Waals surface area contributed by atoms with Crippen molar-refractivity contribution in [2.75, 3.05) is 19.7 Å². The molecule has 7 heteroatoms. The molecule has 4 rings (SSSR count). The number of amides is 2. The Balaban J connectivity index is 1.24. The number of piperidine rings is 1. The summed E-state index contributed by atoms with van der Waals surface area (Å²) >= 11 is 0. The summed E-state index contributed by atoms with van der Waals surface area (Å²) in [7, 11) is 0. The standard InChI is InChI=1S/C27H32N2O5/c1-17(13-25(30)29-12-11-19(26(31)32)14-18(29)2)15-28-27(33)34-16-24-22-9-5-3-7-20(22)21-8-4-6-10-23(21)24/h3-10,17-19,24H,11-16H2,1-2H3,(H,28,33)(H,31,32). The third-order valence-electron chi connectivity index (χ3n) is 7.01. The van der Waals surface area contributed by atoms with Gasteiger partial charge in [-0.15, -0.1) is 0 Å². The number of fused-ring (bicyclic) bond motifs is 3. The van der Waals surface area contributed by atoms with Crippen LogP contribution in [0.3, 0.4) is 0 Å². The summed E-state index contributed by atoms with van der Waals surface area (Å²) in [5, 5.41) is 12.0. The van der Waals surface area contributed by atoms with E-state index in [9.17, 15) is 19.5 Å². The Morgan fingerprint density at radius 1 is 1.09 bits per heavy atom. The van der Waals surface area contributed by atoms with E-state index in [0.717, 1.165) is 11.1 Å². The number of benzene rings is 2. The fourth-order valence-corrected chi connectivity index (χ4v) is 5.16. The molecule has 1 aliphatic carbocycles. The molecule has 7 nitrogen and oxygen atoms in total. The first-order chi connectivity index (χ1) is 16.3. The van der Waals surface area contributed by atoms with Gasteiger partial charge in [0.15, 0.2) is 0 Å². The topological polar surface area (TPSA) is 95.9 Å². The highest BCUT2D eigenvalue weighted by Gasteiger charge is 2.33. The number of carbonyl (C=O) groups is 3. The van der Waals surface area contributed by atoms with Crippen molar-refractivity contribution >= 4 is 18.0 Å². The molecule has 3 unspecified atom stereocenters. The second kappa shape index (κ2) is 10.3. The summed E-state index contributed by atoms with van der Waals surface area (Å²) in [4.78, 5) is 38.1. The first-order valence-corrected chi connectivity index (χ1v) is 12.0. The molecule has 2 amide bonds. The van der Waals surface area contributed by atoms with Crippen LogP contribution in [0.5, 0.6) is 0 Å². The van der Waals surface area contributed by atoms with Crippen molar-refractivity contribution in [3.63, 3.8) is 0 Å². The van der Waals surface area contributed by atoms with Crippen molar-refractivity contribution in [2.45, 2.75) is 45.1 Å². The van der Waals surface area contributed by atoms with Crippen molar-refractivity contribution in [3.05, 3.63) is 59.7 Å². The Morgan fingerprint density at radius 2 is 1.71 bits per heavy atom. The zero-order valence-corrected chi connectivity index (χ0v) is 19.7. The molecule has 1 aliphatic heterocycles. The molecule has 2 aromatic carbocycles. The number of hydrogen-bond donors (Lipinski definition) is 2. The van der Waals surface area contributed by atoms with E-state index in [4.69, 9.17) is 4.74 Å². The second-order valence-electron chi connectivity index (χ2n) is 9.51. The number of alkyl carbamates (subject to hydrolysis) is 1. The zero-order chi connectivity index (χ0) is 24.2. The first kappa shape index (κ1) is 23.8. The van der Waals surface area contributed by atoms with E-state index in [0.29, 0.717) is 32.4 Å². The van der Waals surface area contributed by atoms with E-state index in [1.807, 2.05) is 38.1 Å². The lowest BCUT2D eigenvalue weighted by atomic mass is 9.91. The Labute approximate surface area is 200 Å². The maximum atomic E-state index is 12.7. The van der Waals surface area contributed by atoms with Crippen LogP contribution < -0.4 is 5.32 Å². The zero-order valence-electron chi connectivity index (χ0n) is 19.7. The lowest BCUT2D eigenvalue weighted by molar-refractivity contribution is -0.147. The van der Waals surface area contributed by atoms with E-state index in [-0.39, 0.29) is 36.3 Å². The van der Waals surface area contributed by atoms with Crippen molar-refractivity contribution in [2.24, 2.45) is 11.8 Å². The quantitative estimate of drug-likeness (QED) is 0.638. The number of aliphatic carboxylic acids is 1. The van der Waals surface area contributed by atoms with Crippen molar-refractivity contribution in [1.82, 2.24) is 10.2 Å². The molecule has 2 aliphatic rings. The van der Waals surface area contributed by atoms with Crippen LogP contribution in [0.25, 0.3) is 11.1 Å². The summed E-state index contributed by atoms with van der Waals surface area (Å²) < 4.78 is 5.56. The molecule has 0 bridgehead atoms. The van der Waals surface area contributed by atoms with Crippen LogP contribution in [0.15, 0.2) is 48.5 Å². The van der Waals surface area contributed by atoms with Crippen LogP contribution in [-0.4, -0.2) is 53.7 Å². The van der Waals surface area contributed by atoms with E-state index in [1.165, 1.54) is 11.1 Å². The van der Waals surface area contributed by atoms with Gasteiger partial charge >= 0.3 is 12.1 Å². The third-order valence-corrected chi connectivity index (χ3v) is 7.01. The van der Waals surface area contributed by atoms with Crippen LogP contribution in [0.1, 0.15) is 50.2 Å². The predicted molar refractivity (Wildman–Crippen MR) is 128 cm³/mol. The molecule has 0 spiro atoms. The summed E-state index contributed by atoms with van der Waals surface area (Å²) in [5.41, 5.74) is 4.69. The lowest BCUT2D eigenvalue weighted by Crippen LogP contribution is -2.46. The van der Waals surface area contributed by atoms with E-state index >= 15 is 0 Å². The lowest BCUT2D eigenvalue weighted by Gasteiger charge is -2.36. The Bertz CT molecular complexity index is 1020. The average Bonchev–Trinajstić information content (AvgIpc) is 3.15. The molecule has 1 saturated heterocycles. The van der Waals surface area contributed by atoms with Gasteiger partial charge in [-0.1, -0.05) is 55.5 Å². The molecule has 180 valence electrons. The van der Waals surface area contributed by atoms with E-state index < -0.39 is 12.1 Å². The largest absolute Gasteiger partial charge is 0.481 e. The van der Waals surface area contributed by atoms with Gasteiger partial charge in [-0.05, 0) is 47.9 Å². The smallest absolute Gasteiger partial charge is 0.407 e. The molecule has 2 N–H and O–H groups in total. The highest BCUT2D eigenvalue weighted by Crippen LogP contribution is 2.44. The maximum Gasteiger partial charge on any atom is 0.407 e. The van der Waals surface area contributed by atoms with Gasteiger partial charge in [-0.25, -0.2) is 4.79 Å². The highest BCUT2D eigenvalue weighted by atomic mass is 16.5. The molecule has 0 aromatic heterocycles. The van der Waals surface area contributed by atoms with Gasteiger partial charge in [0, 0.05) is 31.5 Å². The highest BCUT2D eigenvalue weighted by molar-refractivity contribution is 5.79. The predicted octanol–water partition coefficient (Wildman–Crippen LogP) is 4.26. The van der Waals surface area contributed by atoms with Crippen LogP contribution in [0.4, 0.5) is 4.79 Å². The van der Waals surface area contributed by atoms with Gasteiger partial charge in [0.2, 0.25) is 5.91 Å². The molecule has 34 heavy (non-hydrogen) atoms. The minimum atomic E-state index is -0.792. The number of carboxylic acids is 1. The summed E-state index contributed by atoms with van der Waals surface area (Å²) in [5.74, 6) is -1.23. The SMILES string of the molecule is CC(CNC(=O)OCC1c2ccccc2-c2ccccc21)CC(=O)N1CCC(C(=O)O)CC1C. The van der Waals surface area contributed by atoms with Crippen molar-refractivity contribution < 1.29 is 24.2 Å². The molecule has 0 radical (unpaired) electrons. The number of carboxylic acid groups (broad SMARTS) is 1. The van der Waals surface area contributed by atoms with Crippen LogP contribution in [0.2, 0.25) is 0 Å². The van der Waals surface area contributed by atoms with Crippen LogP contribution in [-0.2, 0) is 14.3 Å². The molecular formula is C27H32N2O5. The number of ether oxygens (including phenoxy) is 1. The molecular weight excluding hydrogens is 432 g/mol. The van der Waals surface area contributed by atoms with Gasteiger partial charge in [0.05, 0.1) is 5.92 Å². The van der Waals surface area contributed by atoms with Crippen LogP contribution in [0, 0.1) is 11.8 Å². The monoisotopic (exact) mass is 464 g/mol. The number of nitrogens with zero attached hydrogens (tertiary/aromatic N) is 1. The molecule has 1 heterocycles. The average molecular weight is 465 g/mol. The minimum absolute atomic E-state index is 0.00169. The second-order valence-corrected chi connectivity index (χ2v) is 9.51. The number of likely N-dealkylation sites (tertiary alicyclic amines) is 1.